The summed E-state index contributed by atoms with van der Waals surface area (Å²) in [5.41, 5.74) is 3.86. The van der Waals surface area contributed by atoms with Crippen molar-refractivity contribution in [2.45, 2.75) is 33.1 Å². The van der Waals surface area contributed by atoms with Crippen LogP contribution >= 0.6 is 22.9 Å². The summed E-state index contributed by atoms with van der Waals surface area (Å²) in [4.78, 5) is 13.7. The Morgan fingerprint density at radius 2 is 1.83 bits per heavy atom. The third-order valence-electron chi connectivity index (χ3n) is 4.74. The maximum absolute atomic E-state index is 6.21. The second kappa shape index (κ2) is 6.34. The molecule has 24 heavy (non-hydrogen) atoms. The van der Waals surface area contributed by atoms with Crippen LogP contribution in [0.1, 0.15) is 30.2 Å². The molecule has 0 N–H and O–H groups in total. The van der Waals surface area contributed by atoms with Gasteiger partial charge in [0.1, 0.15) is 10.6 Å². The number of benzene rings is 1. The van der Waals surface area contributed by atoms with Crippen LogP contribution in [-0.2, 0) is 6.42 Å². The van der Waals surface area contributed by atoms with Crippen molar-refractivity contribution >= 4 is 39.0 Å². The summed E-state index contributed by atoms with van der Waals surface area (Å²) in [5.74, 6) is 1.00. The standard InChI is InChI=1S/C19H20ClN3S/c1-3-13-6-8-14(9-7-13)15-12(2)24-18-16(15)17(21-19(20)22-18)23-10-4-5-11-23/h6-9H,3-5,10-11H2,1-2H3. The first-order valence-electron chi connectivity index (χ1n) is 8.48. The fourth-order valence-corrected chi connectivity index (χ4v) is 4.73. The highest BCUT2D eigenvalue weighted by Crippen LogP contribution is 2.42. The van der Waals surface area contributed by atoms with Crippen molar-refractivity contribution in [1.82, 2.24) is 9.97 Å². The van der Waals surface area contributed by atoms with E-state index in [0.29, 0.717) is 5.28 Å². The molecule has 1 aliphatic heterocycles. The SMILES string of the molecule is CCc1ccc(-c2c(C)sc3nc(Cl)nc(N4CCCC4)c23)cc1. The van der Waals surface area contributed by atoms with Crippen LogP contribution in [0.4, 0.5) is 5.82 Å². The Kier molecular flexibility index (Phi) is 4.19. The van der Waals surface area contributed by atoms with Crippen LogP contribution in [0.3, 0.4) is 0 Å². The van der Waals surface area contributed by atoms with Gasteiger partial charge in [0.2, 0.25) is 5.28 Å². The molecule has 1 aromatic carbocycles. The molecule has 1 fully saturated rings. The topological polar surface area (TPSA) is 29.0 Å². The molecule has 0 spiro atoms. The highest BCUT2D eigenvalue weighted by Gasteiger charge is 2.23. The van der Waals surface area contributed by atoms with Crippen molar-refractivity contribution in [3.05, 3.63) is 40.0 Å². The van der Waals surface area contributed by atoms with Gasteiger partial charge in [0.05, 0.1) is 5.39 Å². The van der Waals surface area contributed by atoms with Gasteiger partial charge < -0.3 is 4.90 Å². The maximum Gasteiger partial charge on any atom is 0.225 e. The van der Waals surface area contributed by atoms with Crippen LogP contribution in [0.15, 0.2) is 24.3 Å². The summed E-state index contributed by atoms with van der Waals surface area (Å²) < 4.78 is 0. The molecule has 124 valence electrons. The van der Waals surface area contributed by atoms with Gasteiger partial charge in [-0.1, -0.05) is 31.2 Å². The molecule has 0 unspecified atom stereocenters. The molecule has 0 radical (unpaired) electrons. The molecule has 3 aromatic rings. The smallest absolute Gasteiger partial charge is 0.225 e. The van der Waals surface area contributed by atoms with Crippen LogP contribution in [0, 0.1) is 6.92 Å². The second-order valence-electron chi connectivity index (χ2n) is 6.27. The first-order chi connectivity index (χ1) is 11.7. The Labute approximate surface area is 151 Å². The summed E-state index contributed by atoms with van der Waals surface area (Å²) in [6.45, 7) is 6.44. The lowest BCUT2D eigenvalue weighted by Crippen LogP contribution is -2.19. The lowest BCUT2D eigenvalue weighted by molar-refractivity contribution is 0.940. The van der Waals surface area contributed by atoms with Crippen molar-refractivity contribution in [1.29, 1.82) is 0 Å². The number of aromatic nitrogens is 2. The summed E-state index contributed by atoms with van der Waals surface area (Å²) in [6, 6.07) is 8.86. The van der Waals surface area contributed by atoms with E-state index in [9.17, 15) is 0 Å². The second-order valence-corrected chi connectivity index (χ2v) is 7.82. The van der Waals surface area contributed by atoms with Gasteiger partial charge in [-0.25, -0.2) is 4.98 Å². The Bertz CT molecular complexity index is 880. The van der Waals surface area contributed by atoms with E-state index >= 15 is 0 Å². The Hall–Kier alpha value is -1.65. The minimum atomic E-state index is 0.346. The highest BCUT2D eigenvalue weighted by atomic mass is 35.5. The van der Waals surface area contributed by atoms with Crippen molar-refractivity contribution < 1.29 is 0 Å². The van der Waals surface area contributed by atoms with Crippen molar-refractivity contribution in [3.63, 3.8) is 0 Å². The fourth-order valence-electron chi connectivity index (χ4n) is 3.48. The van der Waals surface area contributed by atoms with E-state index in [2.05, 4.69) is 53.0 Å². The number of halogens is 1. The number of rotatable bonds is 3. The van der Waals surface area contributed by atoms with Crippen LogP contribution in [0.2, 0.25) is 5.28 Å². The fraction of sp³-hybridized carbons (Fsp3) is 0.368. The zero-order valence-electron chi connectivity index (χ0n) is 14.0. The third-order valence-corrected chi connectivity index (χ3v) is 5.91. The summed E-state index contributed by atoms with van der Waals surface area (Å²) in [6.07, 6.45) is 3.49. The molecular weight excluding hydrogens is 338 g/mol. The van der Waals surface area contributed by atoms with E-state index in [1.807, 2.05) is 0 Å². The molecule has 0 aliphatic carbocycles. The number of hydrogen-bond acceptors (Lipinski definition) is 4. The van der Waals surface area contributed by atoms with Crippen molar-refractivity contribution in [2.24, 2.45) is 0 Å². The number of hydrogen-bond donors (Lipinski definition) is 0. The molecule has 3 heterocycles. The van der Waals surface area contributed by atoms with Gasteiger partial charge in [-0.3, -0.25) is 0 Å². The Morgan fingerprint density at radius 3 is 2.50 bits per heavy atom. The minimum Gasteiger partial charge on any atom is -0.356 e. The minimum absolute atomic E-state index is 0.346. The molecule has 1 saturated heterocycles. The van der Waals surface area contributed by atoms with E-state index in [1.54, 1.807) is 11.3 Å². The molecular formula is C19H20ClN3S. The number of nitrogens with zero attached hydrogens (tertiary/aromatic N) is 3. The van der Waals surface area contributed by atoms with Crippen LogP contribution < -0.4 is 4.90 Å². The first-order valence-corrected chi connectivity index (χ1v) is 9.67. The van der Waals surface area contributed by atoms with E-state index in [1.165, 1.54) is 34.4 Å². The number of anilines is 1. The average molecular weight is 358 g/mol. The summed E-state index contributed by atoms with van der Waals surface area (Å²) >= 11 is 7.92. The Balaban J connectivity index is 1.95. The van der Waals surface area contributed by atoms with E-state index in [0.717, 1.165) is 35.5 Å². The largest absolute Gasteiger partial charge is 0.356 e. The molecule has 5 heteroatoms. The van der Waals surface area contributed by atoms with Gasteiger partial charge in [-0.2, -0.15) is 4.98 Å². The van der Waals surface area contributed by atoms with Crippen LogP contribution in [-0.4, -0.2) is 23.1 Å². The highest BCUT2D eigenvalue weighted by molar-refractivity contribution is 7.19. The summed E-state index contributed by atoms with van der Waals surface area (Å²) in [5, 5.41) is 1.51. The van der Waals surface area contributed by atoms with Gasteiger partial charge >= 0.3 is 0 Å². The zero-order valence-corrected chi connectivity index (χ0v) is 15.5. The zero-order chi connectivity index (χ0) is 16.7. The first kappa shape index (κ1) is 15.9. The maximum atomic E-state index is 6.21. The van der Waals surface area contributed by atoms with Crippen LogP contribution in [0.25, 0.3) is 21.3 Å². The monoisotopic (exact) mass is 357 g/mol. The molecule has 2 aromatic heterocycles. The predicted molar refractivity (Wildman–Crippen MR) is 103 cm³/mol. The van der Waals surface area contributed by atoms with Gasteiger partial charge in [0, 0.05) is 23.5 Å². The third kappa shape index (κ3) is 2.68. The summed E-state index contributed by atoms with van der Waals surface area (Å²) in [7, 11) is 0. The molecule has 1 aliphatic rings. The molecule has 3 nitrogen and oxygen atoms in total. The number of fused-ring (bicyclic) bond motifs is 1. The quantitative estimate of drug-likeness (QED) is 0.581. The van der Waals surface area contributed by atoms with Gasteiger partial charge in [-0.05, 0) is 48.9 Å². The van der Waals surface area contributed by atoms with Gasteiger partial charge in [0.15, 0.2) is 0 Å². The molecule has 0 saturated carbocycles. The normalized spacial score (nSPS) is 14.7. The average Bonchev–Trinajstić information content (AvgIpc) is 3.21. The van der Waals surface area contributed by atoms with Gasteiger partial charge in [-0.15, -0.1) is 11.3 Å². The number of aryl methyl sites for hydroxylation is 2. The van der Waals surface area contributed by atoms with E-state index < -0.39 is 0 Å². The predicted octanol–water partition coefficient (Wildman–Crippen LogP) is 5.48. The lowest BCUT2D eigenvalue weighted by Gasteiger charge is -2.18. The molecule has 0 bridgehead atoms. The van der Waals surface area contributed by atoms with Gasteiger partial charge in [0.25, 0.3) is 0 Å². The van der Waals surface area contributed by atoms with Crippen molar-refractivity contribution in [3.8, 4) is 11.1 Å². The number of thiophene rings is 1. The van der Waals surface area contributed by atoms with Crippen LogP contribution in [0.5, 0.6) is 0 Å². The molecule has 4 rings (SSSR count). The Morgan fingerprint density at radius 1 is 1.12 bits per heavy atom. The lowest BCUT2D eigenvalue weighted by atomic mass is 10.0. The van der Waals surface area contributed by atoms with Crippen molar-refractivity contribution in [2.75, 3.05) is 18.0 Å². The molecule has 0 amide bonds. The van der Waals surface area contributed by atoms with E-state index in [4.69, 9.17) is 11.6 Å². The molecule has 0 atom stereocenters. The van der Waals surface area contributed by atoms with E-state index in [-0.39, 0.29) is 0 Å².